The summed E-state index contributed by atoms with van der Waals surface area (Å²) in [5.74, 6) is -4.67. The van der Waals surface area contributed by atoms with E-state index in [1.54, 1.807) is 108 Å². The van der Waals surface area contributed by atoms with Crippen molar-refractivity contribution in [1.29, 1.82) is 0 Å². The zero-order chi connectivity index (χ0) is 46.5. The molecule has 0 unspecified atom stereocenters. The summed E-state index contributed by atoms with van der Waals surface area (Å²) >= 11 is 0. The van der Waals surface area contributed by atoms with Gasteiger partial charge < -0.3 is 41.8 Å². The van der Waals surface area contributed by atoms with Gasteiger partial charge in [0.25, 0.3) is 10.0 Å². The van der Waals surface area contributed by atoms with Crippen LogP contribution in [0.25, 0.3) is 0 Å². The first-order chi connectivity index (χ1) is 29.7. The maximum absolute atomic E-state index is 14.2. The molecule has 0 saturated carbocycles. The van der Waals surface area contributed by atoms with E-state index in [1.807, 2.05) is 0 Å². The van der Waals surface area contributed by atoms with Crippen LogP contribution in [0, 0.1) is 20.8 Å². The zero-order valence-corrected chi connectivity index (χ0v) is 37.4. The third-order valence-electron chi connectivity index (χ3n) is 9.97. The topological polar surface area (TPSA) is 266 Å². The monoisotopic (exact) mass is 890 g/mol. The van der Waals surface area contributed by atoms with Crippen LogP contribution in [0.1, 0.15) is 67.9 Å². The maximum Gasteiger partial charge on any atom is 0.308 e. The fourth-order valence-electron chi connectivity index (χ4n) is 6.86. The summed E-state index contributed by atoms with van der Waals surface area (Å²) in [5, 5.41) is 13.1. The lowest BCUT2D eigenvalue weighted by Gasteiger charge is -2.26. The molecule has 1 heterocycles. The van der Waals surface area contributed by atoms with Crippen LogP contribution >= 0.6 is 0 Å². The van der Waals surface area contributed by atoms with Crippen LogP contribution in [-0.4, -0.2) is 99.9 Å². The van der Waals surface area contributed by atoms with E-state index in [1.165, 1.54) is 7.11 Å². The number of aryl methyl sites for hydroxylation is 1. The maximum atomic E-state index is 14.2. The van der Waals surface area contributed by atoms with Gasteiger partial charge >= 0.3 is 5.97 Å². The second-order valence-corrected chi connectivity index (χ2v) is 17.8. The molecule has 4 rings (SSSR count). The molecule has 3 aromatic rings. The third-order valence-corrected chi connectivity index (χ3v) is 11.6. The van der Waals surface area contributed by atoms with Crippen molar-refractivity contribution < 1.29 is 46.7 Å². The number of hydrogen-bond donors (Lipinski definition) is 7. The summed E-state index contributed by atoms with van der Waals surface area (Å²) in [7, 11) is -2.67. The first kappa shape index (κ1) is 49.2. The van der Waals surface area contributed by atoms with Crippen molar-refractivity contribution in [1.82, 2.24) is 31.3 Å². The van der Waals surface area contributed by atoms with Gasteiger partial charge in [-0.3, -0.25) is 33.8 Å². The molecule has 63 heavy (non-hydrogen) atoms. The van der Waals surface area contributed by atoms with E-state index in [4.69, 9.17) is 15.2 Å². The molecule has 1 fully saturated rings. The van der Waals surface area contributed by atoms with Gasteiger partial charge in [0.15, 0.2) is 0 Å². The van der Waals surface area contributed by atoms with Crippen molar-refractivity contribution in [2.45, 2.75) is 108 Å². The van der Waals surface area contributed by atoms with E-state index in [0.717, 1.165) is 0 Å². The van der Waals surface area contributed by atoms with Gasteiger partial charge in [0.05, 0.1) is 25.0 Å². The van der Waals surface area contributed by atoms with Gasteiger partial charge in [0.1, 0.15) is 35.5 Å². The van der Waals surface area contributed by atoms with Crippen LogP contribution < -0.4 is 41.8 Å². The molecular formula is C44H58N8O10S. The van der Waals surface area contributed by atoms with Crippen LogP contribution in [-0.2, 0) is 56.4 Å². The average Bonchev–Trinajstić information content (AvgIpc) is 3.21. The summed E-state index contributed by atoms with van der Waals surface area (Å²) in [4.78, 5) is 86.3. The predicted molar refractivity (Wildman–Crippen MR) is 235 cm³/mol. The largest absolute Gasteiger partial charge is 0.496 e. The number of amides is 5. The number of nitrogens with zero attached hydrogens (tertiary/aromatic N) is 1. The molecule has 0 radical (unpaired) electrons. The molecular weight excluding hydrogens is 833 g/mol. The van der Waals surface area contributed by atoms with Crippen LogP contribution in [0.3, 0.4) is 0 Å². The van der Waals surface area contributed by atoms with E-state index >= 15 is 0 Å². The molecule has 3 aromatic carbocycles. The molecule has 0 aliphatic carbocycles. The minimum Gasteiger partial charge on any atom is -0.496 e. The fourth-order valence-corrected chi connectivity index (χ4v) is 8.34. The molecule has 1 aliphatic rings. The van der Waals surface area contributed by atoms with Crippen molar-refractivity contribution in [2.75, 3.05) is 20.2 Å². The lowest BCUT2D eigenvalue weighted by atomic mass is 10.0. The van der Waals surface area contributed by atoms with E-state index < -0.39 is 94.2 Å². The molecule has 0 aromatic heterocycles. The number of aliphatic imine (C=N–C) groups is 1. The van der Waals surface area contributed by atoms with Crippen LogP contribution in [0.15, 0.2) is 76.6 Å². The SMILES string of the molecule is COc1cc(C)c(S(=O)(=O)NC(N)=NCCC[C@@H]2NC(=O)[C@H](Cc3ccccc3)NC(=O)[C@H](Cc3ccccc3)NC(=O)[C@H](CC(=O)OC(C)(C)C)NC(=O)CNC2=O)c(C)c1C. The highest BCUT2D eigenvalue weighted by Gasteiger charge is 2.34. The predicted octanol–water partition coefficient (Wildman–Crippen LogP) is 1.28. The molecule has 4 atom stereocenters. The van der Waals surface area contributed by atoms with Gasteiger partial charge in [0.2, 0.25) is 35.5 Å². The smallest absolute Gasteiger partial charge is 0.308 e. The summed E-state index contributed by atoms with van der Waals surface area (Å²) in [6, 6.07) is 13.9. The highest BCUT2D eigenvalue weighted by atomic mass is 32.2. The number of nitrogens with two attached hydrogens (primary N) is 1. The second kappa shape index (κ2) is 22.0. The molecule has 8 N–H and O–H groups in total. The number of guanidine groups is 1. The molecule has 340 valence electrons. The average molecular weight is 891 g/mol. The molecule has 1 saturated heterocycles. The molecule has 1 aliphatic heterocycles. The minimum absolute atomic E-state index is 0.00625. The van der Waals surface area contributed by atoms with Crippen LogP contribution in [0.2, 0.25) is 0 Å². The number of benzene rings is 3. The zero-order valence-electron chi connectivity index (χ0n) is 36.6. The number of carbonyl (C=O) groups is 6. The van der Waals surface area contributed by atoms with Crippen LogP contribution in [0.4, 0.5) is 0 Å². The number of hydrogen-bond acceptors (Lipinski definition) is 11. The van der Waals surface area contributed by atoms with Gasteiger partial charge in [-0.05, 0) is 88.3 Å². The Hall–Kier alpha value is -6.50. The quantitative estimate of drug-likeness (QED) is 0.0556. The molecule has 18 nitrogen and oxygen atoms in total. The molecule has 5 amide bonds. The van der Waals surface area contributed by atoms with Crippen LogP contribution in [0.5, 0.6) is 5.75 Å². The van der Waals surface area contributed by atoms with Gasteiger partial charge in [-0.1, -0.05) is 60.7 Å². The minimum atomic E-state index is -4.17. The Morgan fingerprint density at radius 2 is 1.30 bits per heavy atom. The lowest BCUT2D eigenvalue weighted by molar-refractivity contribution is -0.156. The molecule has 0 bridgehead atoms. The number of sulfonamides is 1. The van der Waals surface area contributed by atoms with Crippen molar-refractivity contribution in [3.05, 3.63) is 94.5 Å². The van der Waals surface area contributed by atoms with Crippen molar-refractivity contribution >= 4 is 51.5 Å². The van der Waals surface area contributed by atoms with Crippen molar-refractivity contribution in [3.8, 4) is 5.75 Å². The van der Waals surface area contributed by atoms with Gasteiger partial charge in [-0.15, -0.1) is 0 Å². The van der Waals surface area contributed by atoms with Gasteiger partial charge in [-0.2, -0.15) is 0 Å². The Kier molecular flexibility index (Phi) is 17.2. The summed E-state index contributed by atoms with van der Waals surface area (Å²) in [6.07, 6.45) is -0.596. The molecule has 19 heteroatoms. The van der Waals surface area contributed by atoms with Crippen molar-refractivity contribution in [2.24, 2.45) is 10.7 Å². The second-order valence-electron chi connectivity index (χ2n) is 16.2. The number of nitrogens with one attached hydrogen (secondary N) is 6. The first-order valence-electron chi connectivity index (χ1n) is 20.4. The number of methoxy groups -OCH3 is 1. The Morgan fingerprint density at radius 1 is 0.778 bits per heavy atom. The Balaban J connectivity index is 1.62. The van der Waals surface area contributed by atoms with Gasteiger partial charge in [-0.25, -0.2) is 13.1 Å². The number of ether oxygens (including phenoxy) is 2. The fraction of sp³-hybridized carbons (Fsp3) is 0.432. The van der Waals surface area contributed by atoms with Gasteiger partial charge in [0, 0.05) is 19.4 Å². The normalized spacial score (nSPS) is 19.5. The number of carbonyl (C=O) groups excluding carboxylic acids is 6. The first-order valence-corrected chi connectivity index (χ1v) is 21.9. The van der Waals surface area contributed by atoms with E-state index in [-0.39, 0.29) is 37.1 Å². The Morgan fingerprint density at radius 3 is 1.83 bits per heavy atom. The highest BCUT2D eigenvalue weighted by Crippen LogP contribution is 2.30. The number of esters is 1. The molecule has 0 spiro atoms. The summed E-state index contributed by atoms with van der Waals surface area (Å²) < 4.78 is 39.8. The Bertz CT molecular complexity index is 2280. The van der Waals surface area contributed by atoms with E-state index in [2.05, 4.69) is 36.3 Å². The van der Waals surface area contributed by atoms with Crippen molar-refractivity contribution in [3.63, 3.8) is 0 Å². The third kappa shape index (κ3) is 14.8. The van der Waals surface area contributed by atoms with E-state index in [9.17, 15) is 37.2 Å². The standard InChI is InChI=1S/C44H58N8O10S/c1-26-21-35(61-7)27(2)28(3)38(26)63(59,60)52-43(45)46-20-14-19-31-39(55)47-25-36(53)48-34(24-37(54)62-44(4,5)6)42(58)51-33(23-30-17-12-9-13-18-30)41(57)50-32(40(56)49-31)22-29-15-10-8-11-16-29/h8-13,15-18,21,31-34H,14,19-20,22-25H2,1-7H3,(H,47,55)(H,48,53)(H,49,56)(H,50,57)(H,51,58)(H3,45,46,52)/t31-,32-,33-,34-/m0/s1. The summed E-state index contributed by atoms with van der Waals surface area (Å²) in [5.41, 5.74) is 8.00. The number of rotatable bonds is 13. The Labute approximate surface area is 368 Å². The van der Waals surface area contributed by atoms with E-state index in [0.29, 0.717) is 33.6 Å². The lowest BCUT2D eigenvalue weighted by Crippen LogP contribution is -2.58. The summed E-state index contributed by atoms with van der Waals surface area (Å²) in [6.45, 7) is 9.21. The highest BCUT2D eigenvalue weighted by molar-refractivity contribution is 7.90.